The Bertz CT molecular complexity index is 655. The quantitative estimate of drug-likeness (QED) is 0.899. The zero-order valence-corrected chi connectivity index (χ0v) is 13.6. The van der Waals surface area contributed by atoms with E-state index < -0.39 is 0 Å². The number of carbonyl (C=O) groups is 2. The summed E-state index contributed by atoms with van der Waals surface area (Å²) in [5.74, 6) is 0.474. The van der Waals surface area contributed by atoms with Crippen LogP contribution < -0.4 is 5.32 Å². The molecule has 1 aromatic rings. The van der Waals surface area contributed by atoms with E-state index in [2.05, 4.69) is 19.2 Å². The second-order valence-electron chi connectivity index (χ2n) is 6.45. The number of allylic oxidation sites excluding steroid dienone is 2. The minimum Gasteiger partial charge on any atom is -0.377 e. The third-order valence-corrected chi connectivity index (χ3v) is 5.28. The van der Waals surface area contributed by atoms with E-state index in [0.29, 0.717) is 23.0 Å². The Kier molecular flexibility index (Phi) is 4.09. The second-order valence-corrected chi connectivity index (χ2v) is 6.83. The molecule has 0 aromatic heterocycles. The number of ketones is 2. The van der Waals surface area contributed by atoms with Crippen molar-refractivity contribution >= 4 is 23.2 Å². The van der Waals surface area contributed by atoms with Gasteiger partial charge in [-0.3, -0.25) is 9.59 Å². The molecule has 1 unspecified atom stereocenters. The highest BCUT2D eigenvalue weighted by Crippen LogP contribution is 2.32. The van der Waals surface area contributed by atoms with Crippen molar-refractivity contribution in [3.8, 4) is 0 Å². The number of benzene rings is 1. The number of fused-ring (bicyclic) bond motifs is 1. The number of hydrogen-bond donors (Lipinski definition) is 1. The van der Waals surface area contributed by atoms with E-state index >= 15 is 0 Å². The smallest absolute Gasteiger partial charge is 0.211 e. The van der Waals surface area contributed by atoms with Crippen molar-refractivity contribution in [2.45, 2.75) is 39.2 Å². The molecule has 1 aromatic carbocycles. The summed E-state index contributed by atoms with van der Waals surface area (Å²) in [5, 5.41) is 3.33. The van der Waals surface area contributed by atoms with E-state index in [-0.39, 0.29) is 28.3 Å². The Labute approximate surface area is 135 Å². The van der Waals surface area contributed by atoms with Gasteiger partial charge in [-0.2, -0.15) is 0 Å². The number of rotatable bonds is 2. The van der Waals surface area contributed by atoms with E-state index in [0.717, 1.165) is 12.8 Å². The molecule has 1 saturated carbocycles. The second kappa shape index (κ2) is 5.88. The summed E-state index contributed by atoms with van der Waals surface area (Å²) in [5.41, 5.74) is 1.11. The van der Waals surface area contributed by atoms with Gasteiger partial charge >= 0.3 is 0 Å². The first-order valence-corrected chi connectivity index (χ1v) is 8.23. The molecule has 2 aliphatic rings. The third kappa shape index (κ3) is 2.48. The van der Waals surface area contributed by atoms with Crippen LogP contribution in [-0.4, -0.2) is 17.6 Å². The molecule has 2 aliphatic carbocycles. The predicted octanol–water partition coefficient (Wildman–Crippen LogP) is 3.93. The predicted molar refractivity (Wildman–Crippen MR) is 87.1 cm³/mol. The first-order chi connectivity index (χ1) is 10.5. The molecular formula is C18H20ClNO2. The summed E-state index contributed by atoms with van der Waals surface area (Å²) < 4.78 is 0. The van der Waals surface area contributed by atoms with E-state index in [9.17, 15) is 9.59 Å². The molecule has 22 heavy (non-hydrogen) atoms. The maximum absolute atomic E-state index is 12.7. The van der Waals surface area contributed by atoms with Crippen LogP contribution in [0.2, 0.25) is 0 Å². The highest BCUT2D eigenvalue weighted by molar-refractivity contribution is 6.49. The first-order valence-electron chi connectivity index (χ1n) is 7.85. The Hall–Kier alpha value is -1.61. The maximum atomic E-state index is 12.7. The molecule has 0 heterocycles. The molecule has 116 valence electrons. The van der Waals surface area contributed by atoms with Gasteiger partial charge in [0.2, 0.25) is 11.6 Å². The van der Waals surface area contributed by atoms with Crippen molar-refractivity contribution in [2.24, 2.45) is 11.8 Å². The van der Waals surface area contributed by atoms with Crippen LogP contribution in [0.1, 0.15) is 53.8 Å². The fourth-order valence-electron chi connectivity index (χ4n) is 3.61. The zero-order valence-electron chi connectivity index (χ0n) is 12.9. The lowest BCUT2D eigenvalue weighted by Crippen LogP contribution is -2.45. The summed E-state index contributed by atoms with van der Waals surface area (Å²) in [7, 11) is 0. The zero-order chi connectivity index (χ0) is 15.9. The molecule has 0 saturated heterocycles. The van der Waals surface area contributed by atoms with Crippen LogP contribution >= 0.6 is 11.6 Å². The molecule has 4 heteroatoms. The van der Waals surface area contributed by atoms with E-state index in [1.54, 1.807) is 24.3 Å². The van der Waals surface area contributed by atoms with Crippen LogP contribution in [0, 0.1) is 11.8 Å². The van der Waals surface area contributed by atoms with Crippen molar-refractivity contribution < 1.29 is 9.59 Å². The van der Waals surface area contributed by atoms with Crippen molar-refractivity contribution in [3.63, 3.8) is 0 Å². The monoisotopic (exact) mass is 317 g/mol. The largest absolute Gasteiger partial charge is 0.377 e. The van der Waals surface area contributed by atoms with Gasteiger partial charge in [0.1, 0.15) is 10.7 Å². The third-order valence-electron chi connectivity index (χ3n) is 4.92. The summed E-state index contributed by atoms with van der Waals surface area (Å²) >= 11 is 6.22. The average Bonchev–Trinajstić information content (AvgIpc) is 2.52. The molecular weight excluding hydrogens is 298 g/mol. The van der Waals surface area contributed by atoms with Gasteiger partial charge in [-0.05, 0) is 24.7 Å². The number of carbonyl (C=O) groups excluding carboxylic acids is 2. The van der Waals surface area contributed by atoms with Crippen molar-refractivity contribution in [2.75, 3.05) is 0 Å². The Balaban J connectivity index is 1.95. The molecule has 0 bridgehead atoms. The molecule has 1 N–H and O–H groups in total. The van der Waals surface area contributed by atoms with Gasteiger partial charge in [-0.1, -0.05) is 56.1 Å². The van der Waals surface area contributed by atoms with Crippen LogP contribution in [0.4, 0.5) is 0 Å². The Morgan fingerprint density at radius 2 is 1.55 bits per heavy atom. The topological polar surface area (TPSA) is 46.2 Å². The number of Topliss-reactive ketones (excluding diaryl/α,β-unsaturated/α-hetero) is 2. The molecule has 1 fully saturated rings. The minimum absolute atomic E-state index is 0.0219. The molecule has 3 atom stereocenters. The minimum atomic E-state index is -0.268. The maximum Gasteiger partial charge on any atom is 0.211 e. The fourth-order valence-corrected chi connectivity index (χ4v) is 3.85. The standard InChI is InChI=1S/C18H20ClNO2/c1-10-6-5-7-11(2)15(10)20-16-14(19)17(21)12-8-3-4-9-13(12)18(16)22/h3-4,8-11,15,20H,5-7H2,1-2H3/t10-,11+,15?. The normalized spacial score (nSPS) is 28.6. The van der Waals surface area contributed by atoms with Gasteiger partial charge in [-0.15, -0.1) is 0 Å². The van der Waals surface area contributed by atoms with Gasteiger partial charge in [0.15, 0.2) is 0 Å². The number of nitrogens with one attached hydrogen (secondary N) is 1. The van der Waals surface area contributed by atoms with Crippen molar-refractivity contribution in [3.05, 3.63) is 46.1 Å². The lowest BCUT2D eigenvalue weighted by Gasteiger charge is -2.37. The fraction of sp³-hybridized carbons (Fsp3) is 0.444. The molecule has 0 amide bonds. The summed E-state index contributed by atoms with van der Waals surface area (Å²) in [6, 6.07) is 7.04. The van der Waals surface area contributed by atoms with Crippen molar-refractivity contribution in [1.82, 2.24) is 5.32 Å². The van der Waals surface area contributed by atoms with Gasteiger partial charge in [-0.25, -0.2) is 0 Å². The number of halogens is 1. The molecule has 0 spiro atoms. The summed E-state index contributed by atoms with van der Waals surface area (Å²) in [4.78, 5) is 25.1. The van der Waals surface area contributed by atoms with E-state index in [1.807, 2.05) is 0 Å². The lowest BCUT2D eigenvalue weighted by atomic mass is 9.78. The first kappa shape index (κ1) is 15.3. The molecule has 3 rings (SSSR count). The van der Waals surface area contributed by atoms with Crippen molar-refractivity contribution in [1.29, 1.82) is 0 Å². The highest BCUT2D eigenvalue weighted by atomic mass is 35.5. The van der Waals surface area contributed by atoms with E-state index in [4.69, 9.17) is 11.6 Å². The highest BCUT2D eigenvalue weighted by Gasteiger charge is 2.35. The summed E-state index contributed by atoms with van der Waals surface area (Å²) in [6.07, 6.45) is 3.47. The number of hydrogen-bond acceptors (Lipinski definition) is 3. The Morgan fingerprint density at radius 1 is 1.00 bits per heavy atom. The lowest BCUT2D eigenvalue weighted by molar-refractivity contribution is 0.0965. The molecule has 0 radical (unpaired) electrons. The van der Waals surface area contributed by atoms with Crippen LogP contribution in [0.25, 0.3) is 0 Å². The summed E-state index contributed by atoms with van der Waals surface area (Å²) in [6.45, 7) is 4.37. The van der Waals surface area contributed by atoms with E-state index in [1.165, 1.54) is 6.42 Å². The van der Waals surface area contributed by atoms with Gasteiger partial charge in [0, 0.05) is 17.2 Å². The van der Waals surface area contributed by atoms with Gasteiger partial charge in [0.05, 0.1) is 0 Å². The van der Waals surface area contributed by atoms with Crippen LogP contribution in [-0.2, 0) is 0 Å². The Morgan fingerprint density at radius 3 is 2.14 bits per heavy atom. The molecule has 3 nitrogen and oxygen atoms in total. The molecule has 0 aliphatic heterocycles. The van der Waals surface area contributed by atoms with Gasteiger partial charge in [0.25, 0.3) is 0 Å². The van der Waals surface area contributed by atoms with Crippen LogP contribution in [0.5, 0.6) is 0 Å². The SMILES string of the molecule is C[C@@H]1CCC[C@H](C)C1NC1=C(Cl)C(=O)c2ccccc2C1=O. The average molecular weight is 318 g/mol. The van der Waals surface area contributed by atoms with Crippen LogP contribution in [0.15, 0.2) is 35.0 Å². The van der Waals surface area contributed by atoms with Crippen LogP contribution in [0.3, 0.4) is 0 Å². The van der Waals surface area contributed by atoms with Gasteiger partial charge < -0.3 is 5.32 Å².